The number of nitrogens with zero attached hydrogens (tertiary/aromatic N) is 1. The van der Waals surface area contributed by atoms with Gasteiger partial charge in [0.2, 0.25) is 5.91 Å². The Labute approximate surface area is 117 Å². The molecule has 1 rings (SSSR count). The molecule has 0 saturated heterocycles. The zero-order valence-corrected chi connectivity index (χ0v) is 11.8. The van der Waals surface area contributed by atoms with E-state index in [1.807, 2.05) is 48.5 Å². The molecule has 0 bridgehead atoms. The van der Waals surface area contributed by atoms with E-state index in [2.05, 4.69) is 0 Å². The Kier molecular flexibility index (Phi) is 5.79. The first-order valence-corrected chi connectivity index (χ1v) is 6.33. The van der Waals surface area contributed by atoms with Crippen LogP contribution in [0.4, 0.5) is 4.79 Å². The third-order valence-electron chi connectivity index (χ3n) is 2.95. The first-order chi connectivity index (χ1) is 8.90. The summed E-state index contributed by atoms with van der Waals surface area (Å²) < 4.78 is 0. The monoisotopic (exact) mass is 283 g/mol. The predicted octanol–water partition coefficient (Wildman–Crippen LogP) is 1.92. The number of nitrogens with one attached hydrogen (secondary N) is 1. The van der Waals surface area contributed by atoms with Gasteiger partial charge in [-0.05, 0) is 31.7 Å². The average molecular weight is 284 g/mol. The minimum Gasteiger partial charge on any atom is -0.351 e. The van der Waals surface area contributed by atoms with Crippen LogP contribution >= 0.6 is 11.6 Å². The molecule has 0 unspecified atom stereocenters. The van der Waals surface area contributed by atoms with Crippen LogP contribution in [0.3, 0.4) is 0 Å². The fraction of sp³-hybridized carbons (Fsp3) is 0.385. The number of urea groups is 1. The van der Waals surface area contributed by atoms with Crippen LogP contribution in [0.2, 0.25) is 5.02 Å². The van der Waals surface area contributed by atoms with Crippen molar-refractivity contribution in [1.82, 2.24) is 10.2 Å². The summed E-state index contributed by atoms with van der Waals surface area (Å²) in [6.07, 6.45) is 0.213. The van der Waals surface area contributed by atoms with E-state index in [0.29, 0.717) is 11.6 Å². The molecule has 6 heteroatoms. The Balaban J connectivity index is 2.51. The lowest BCUT2D eigenvalue weighted by Gasteiger charge is -2.24. The number of amides is 3. The lowest BCUT2D eigenvalue weighted by molar-refractivity contribution is -0.120. The first kappa shape index (κ1) is 15.5. The summed E-state index contributed by atoms with van der Waals surface area (Å²) in [5.74, 6) is -0.377. The van der Waals surface area contributed by atoms with Crippen molar-refractivity contribution in [2.24, 2.45) is 5.73 Å². The van der Waals surface area contributed by atoms with Crippen molar-refractivity contribution in [3.8, 4) is 0 Å². The van der Waals surface area contributed by atoms with Gasteiger partial charge in [-0.2, -0.15) is 0 Å². The van der Waals surface area contributed by atoms with Gasteiger partial charge < -0.3 is 5.73 Å². The predicted molar refractivity (Wildman–Crippen MR) is 74.8 cm³/mol. The lowest BCUT2D eigenvalue weighted by atomic mass is 10.1. The van der Waals surface area contributed by atoms with Crippen molar-refractivity contribution < 1.29 is 9.59 Å². The van der Waals surface area contributed by atoms with Gasteiger partial charge in [0, 0.05) is 24.0 Å². The van der Waals surface area contributed by atoms with E-state index in [1.54, 1.807) is 0 Å². The van der Waals surface area contributed by atoms with Crippen LogP contribution in [-0.4, -0.2) is 30.4 Å². The fourth-order valence-corrected chi connectivity index (χ4v) is 1.89. The van der Waals surface area contributed by atoms with Crippen molar-refractivity contribution in [1.29, 1.82) is 0 Å². The second-order valence-electron chi connectivity index (χ2n) is 4.37. The Morgan fingerprint density at radius 1 is 1.47 bits per heavy atom. The van der Waals surface area contributed by atoms with Gasteiger partial charge in [-0.3, -0.25) is 15.0 Å². The molecule has 0 spiro atoms. The topological polar surface area (TPSA) is 75.4 Å². The summed E-state index contributed by atoms with van der Waals surface area (Å²) in [7, 11) is 1.91. The fourth-order valence-electron chi connectivity index (χ4n) is 1.69. The summed E-state index contributed by atoms with van der Waals surface area (Å²) in [5, 5.41) is 2.72. The molecule has 104 valence electrons. The van der Waals surface area contributed by atoms with Gasteiger partial charge in [-0.25, -0.2) is 4.79 Å². The highest BCUT2D eigenvalue weighted by molar-refractivity contribution is 6.30. The highest BCUT2D eigenvalue weighted by Gasteiger charge is 2.13. The Bertz CT molecular complexity index is 465. The molecule has 0 fully saturated rings. The van der Waals surface area contributed by atoms with Gasteiger partial charge in [0.15, 0.2) is 0 Å². The van der Waals surface area contributed by atoms with Gasteiger partial charge in [-0.15, -0.1) is 0 Å². The number of benzene rings is 1. The van der Waals surface area contributed by atoms with Gasteiger partial charge in [0.25, 0.3) is 0 Å². The molecular weight excluding hydrogens is 266 g/mol. The number of halogens is 1. The summed E-state index contributed by atoms with van der Waals surface area (Å²) in [6, 6.07) is 6.89. The van der Waals surface area contributed by atoms with Crippen LogP contribution in [0.25, 0.3) is 0 Å². The van der Waals surface area contributed by atoms with E-state index in [4.69, 9.17) is 17.3 Å². The SMILES string of the molecule is C[C@@H](c1cccc(Cl)c1)N(C)CCC(=O)NC(N)=O. The number of nitrogens with two attached hydrogens (primary N) is 1. The molecule has 0 saturated carbocycles. The molecule has 3 amide bonds. The number of hydrogen-bond acceptors (Lipinski definition) is 3. The van der Waals surface area contributed by atoms with Crippen molar-refractivity contribution in [3.05, 3.63) is 34.9 Å². The van der Waals surface area contributed by atoms with E-state index in [0.717, 1.165) is 5.56 Å². The highest BCUT2D eigenvalue weighted by Crippen LogP contribution is 2.21. The molecule has 19 heavy (non-hydrogen) atoms. The number of hydrogen-bond donors (Lipinski definition) is 2. The van der Waals surface area contributed by atoms with E-state index in [-0.39, 0.29) is 18.4 Å². The summed E-state index contributed by atoms with van der Waals surface area (Å²) in [5.41, 5.74) is 5.94. The quantitative estimate of drug-likeness (QED) is 0.867. The normalized spacial score (nSPS) is 12.2. The zero-order valence-electron chi connectivity index (χ0n) is 11.0. The second kappa shape index (κ2) is 7.11. The standard InChI is InChI=1S/C13H18ClN3O2/c1-9(10-4-3-5-11(14)8-10)17(2)7-6-12(18)16-13(15)19/h3-5,8-9H,6-7H2,1-2H3,(H3,15,16,18,19)/t9-/m0/s1. The largest absolute Gasteiger partial charge is 0.351 e. The molecule has 0 aliphatic heterocycles. The molecule has 1 atom stereocenters. The number of imide groups is 1. The maximum atomic E-state index is 11.3. The smallest absolute Gasteiger partial charge is 0.318 e. The van der Waals surface area contributed by atoms with Crippen molar-refractivity contribution >= 4 is 23.5 Å². The van der Waals surface area contributed by atoms with Crippen molar-refractivity contribution in [2.75, 3.05) is 13.6 Å². The molecule has 0 heterocycles. The van der Waals surface area contributed by atoms with Crippen LogP contribution in [0.1, 0.15) is 24.9 Å². The molecule has 0 aliphatic rings. The van der Waals surface area contributed by atoms with E-state index >= 15 is 0 Å². The zero-order chi connectivity index (χ0) is 14.4. The molecule has 0 aliphatic carbocycles. The maximum absolute atomic E-state index is 11.3. The van der Waals surface area contributed by atoms with E-state index in [1.165, 1.54) is 0 Å². The number of rotatable bonds is 5. The second-order valence-corrected chi connectivity index (χ2v) is 4.81. The molecule has 3 N–H and O–H groups in total. The molecule has 1 aromatic rings. The molecule has 0 aromatic heterocycles. The molecule has 5 nitrogen and oxygen atoms in total. The Morgan fingerprint density at radius 3 is 2.74 bits per heavy atom. The number of primary amides is 1. The molecular formula is C13H18ClN3O2. The summed E-state index contributed by atoms with van der Waals surface area (Å²) >= 11 is 5.94. The minimum atomic E-state index is -0.824. The van der Waals surface area contributed by atoms with Crippen LogP contribution in [-0.2, 0) is 4.79 Å². The van der Waals surface area contributed by atoms with Crippen LogP contribution in [0.15, 0.2) is 24.3 Å². The van der Waals surface area contributed by atoms with Crippen LogP contribution in [0, 0.1) is 0 Å². The van der Waals surface area contributed by atoms with Gasteiger partial charge in [-0.1, -0.05) is 23.7 Å². The van der Waals surface area contributed by atoms with Crippen LogP contribution < -0.4 is 11.1 Å². The van der Waals surface area contributed by atoms with Gasteiger partial charge in [0.05, 0.1) is 0 Å². The van der Waals surface area contributed by atoms with Gasteiger partial charge in [0.1, 0.15) is 0 Å². The highest BCUT2D eigenvalue weighted by atomic mass is 35.5. The van der Waals surface area contributed by atoms with Crippen LogP contribution in [0.5, 0.6) is 0 Å². The van der Waals surface area contributed by atoms with Crippen molar-refractivity contribution in [2.45, 2.75) is 19.4 Å². The number of carbonyl (C=O) groups is 2. The van der Waals surface area contributed by atoms with Crippen molar-refractivity contribution in [3.63, 3.8) is 0 Å². The lowest BCUT2D eigenvalue weighted by Crippen LogP contribution is -2.37. The third kappa shape index (κ3) is 5.28. The first-order valence-electron chi connectivity index (χ1n) is 5.95. The Morgan fingerprint density at radius 2 is 2.16 bits per heavy atom. The molecule has 0 radical (unpaired) electrons. The van der Waals surface area contributed by atoms with Gasteiger partial charge >= 0.3 is 6.03 Å². The average Bonchev–Trinajstić information content (AvgIpc) is 2.34. The molecule has 1 aromatic carbocycles. The maximum Gasteiger partial charge on any atom is 0.318 e. The number of carbonyl (C=O) groups excluding carboxylic acids is 2. The third-order valence-corrected chi connectivity index (χ3v) is 3.18. The van der Waals surface area contributed by atoms with E-state index in [9.17, 15) is 9.59 Å². The summed E-state index contributed by atoms with van der Waals surface area (Å²) in [6.45, 7) is 2.55. The summed E-state index contributed by atoms with van der Waals surface area (Å²) in [4.78, 5) is 23.8. The minimum absolute atomic E-state index is 0.125. The van der Waals surface area contributed by atoms with E-state index < -0.39 is 6.03 Å². The Hall–Kier alpha value is -1.59.